The van der Waals surface area contributed by atoms with Crippen molar-refractivity contribution in [2.24, 2.45) is 5.92 Å². The lowest BCUT2D eigenvalue weighted by Crippen LogP contribution is -2.40. The van der Waals surface area contributed by atoms with E-state index < -0.39 is 0 Å². The molecule has 0 aliphatic carbocycles. The number of benzene rings is 1. The van der Waals surface area contributed by atoms with Crippen LogP contribution in [0.3, 0.4) is 0 Å². The van der Waals surface area contributed by atoms with Crippen LogP contribution in [0.4, 0.5) is 10.1 Å². The molecule has 1 N–H and O–H groups in total. The Morgan fingerprint density at radius 3 is 2.72 bits per heavy atom. The van der Waals surface area contributed by atoms with Crippen molar-refractivity contribution >= 4 is 5.69 Å². The van der Waals surface area contributed by atoms with E-state index in [1.165, 1.54) is 12.1 Å². The van der Waals surface area contributed by atoms with Crippen molar-refractivity contribution in [3.63, 3.8) is 0 Å². The van der Waals surface area contributed by atoms with Crippen LogP contribution in [-0.2, 0) is 4.74 Å². The van der Waals surface area contributed by atoms with E-state index in [9.17, 15) is 4.39 Å². The number of nitrogens with one attached hydrogen (secondary N) is 1. The molecule has 2 unspecified atom stereocenters. The Morgan fingerprint density at radius 1 is 1.33 bits per heavy atom. The molecule has 4 heteroatoms. The minimum Gasteiger partial charge on any atom is -0.379 e. The van der Waals surface area contributed by atoms with Gasteiger partial charge in [-0.05, 0) is 30.8 Å². The summed E-state index contributed by atoms with van der Waals surface area (Å²) in [7, 11) is 2.04. The number of hydrogen-bond acceptors (Lipinski definition) is 3. The van der Waals surface area contributed by atoms with Crippen molar-refractivity contribution in [1.29, 1.82) is 0 Å². The minimum absolute atomic E-state index is 0.193. The van der Waals surface area contributed by atoms with Crippen molar-refractivity contribution < 1.29 is 9.13 Å². The smallest absolute Gasteiger partial charge is 0.123 e. The van der Waals surface area contributed by atoms with Gasteiger partial charge in [0, 0.05) is 31.2 Å². The van der Waals surface area contributed by atoms with Crippen LogP contribution in [0.5, 0.6) is 0 Å². The summed E-state index contributed by atoms with van der Waals surface area (Å²) in [5.41, 5.74) is 1.04. The van der Waals surface area contributed by atoms with Gasteiger partial charge >= 0.3 is 0 Å². The molecule has 18 heavy (non-hydrogen) atoms. The quantitative estimate of drug-likeness (QED) is 0.866. The largest absolute Gasteiger partial charge is 0.379 e. The average Bonchev–Trinajstić information content (AvgIpc) is 2.78. The SMILES string of the molecule is CCNC1COCC1CN(C)c1ccc(F)cc1. The molecule has 100 valence electrons. The molecule has 1 aliphatic rings. The molecular weight excluding hydrogens is 231 g/mol. The molecule has 2 rings (SSSR count). The fourth-order valence-electron chi connectivity index (χ4n) is 2.42. The number of nitrogens with zero attached hydrogens (tertiary/aromatic N) is 1. The third-order valence-corrected chi connectivity index (χ3v) is 3.44. The lowest BCUT2D eigenvalue weighted by molar-refractivity contribution is 0.183. The van der Waals surface area contributed by atoms with E-state index in [0.717, 1.165) is 32.0 Å². The van der Waals surface area contributed by atoms with Gasteiger partial charge in [0.2, 0.25) is 0 Å². The van der Waals surface area contributed by atoms with E-state index in [0.29, 0.717) is 12.0 Å². The highest BCUT2D eigenvalue weighted by atomic mass is 19.1. The van der Waals surface area contributed by atoms with Crippen molar-refractivity contribution in [2.45, 2.75) is 13.0 Å². The Labute approximate surface area is 108 Å². The lowest BCUT2D eigenvalue weighted by atomic mass is 10.0. The third-order valence-electron chi connectivity index (χ3n) is 3.44. The van der Waals surface area contributed by atoms with Crippen molar-refractivity contribution in [3.8, 4) is 0 Å². The van der Waals surface area contributed by atoms with Crippen molar-refractivity contribution in [3.05, 3.63) is 30.1 Å². The van der Waals surface area contributed by atoms with Gasteiger partial charge in [0.1, 0.15) is 5.82 Å². The van der Waals surface area contributed by atoms with Crippen LogP contribution < -0.4 is 10.2 Å². The summed E-state index contributed by atoms with van der Waals surface area (Å²) in [6.07, 6.45) is 0. The van der Waals surface area contributed by atoms with Crippen molar-refractivity contribution in [1.82, 2.24) is 5.32 Å². The summed E-state index contributed by atoms with van der Waals surface area (Å²) in [5.74, 6) is 0.293. The standard InChI is InChI=1S/C14H21FN2O/c1-3-16-14-10-18-9-11(14)8-17(2)13-6-4-12(15)5-7-13/h4-7,11,14,16H,3,8-10H2,1-2H3. The molecule has 1 aliphatic heterocycles. The number of anilines is 1. The van der Waals surface area contributed by atoms with Crippen LogP contribution in [0, 0.1) is 11.7 Å². The number of likely N-dealkylation sites (N-methyl/N-ethyl adjacent to an activating group) is 1. The summed E-state index contributed by atoms with van der Waals surface area (Å²) in [6, 6.07) is 7.05. The van der Waals surface area contributed by atoms with E-state index in [4.69, 9.17) is 4.74 Å². The van der Waals surface area contributed by atoms with Gasteiger partial charge in [0.25, 0.3) is 0 Å². The van der Waals surface area contributed by atoms with Gasteiger partial charge in [-0.1, -0.05) is 6.92 Å². The normalized spacial score (nSPS) is 23.3. The summed E-state index contributed by atoms with van der Waals surface area (Å²) in [4.78, 5) is 2.16. The maximum absolute atomic E-state index is 12.9. The summed E-state index contributed by atoms with van der Waals surface area (Å²) >= 11 is 0. The second-order valence-electron chi connectivity index (χ2n) is 4.82. The molecule has 2 atom stereocenters. The first kappa shape index (κ1) is 13.3. The topological polar surface area (TPSA) is 24.5 Å². The van der Waals surface area contributed by atoms with Crippen LogP contribution in [-0.4, -0.2) is 39.4 Å². The minimum atomic E-state index is -0.193. The Hall–Kier alpha value is -1.13. The highest BCUT2D eigenvalue weighted by molar-refractivity contribution is 5.45. The number of ether oxygens (including phenoxy) is 1. The second kappa shape index (κ2) is 6.16. The van der Waals surface area contributed by atoms with Gasteiger partial charge in [-0.25, -0.2) is 4.39 Å². The molecule has 0 saturated carbocycles. The lowest BCUT2D eigenvalue weighted by Gasteiger charge is -2.26. The molecule has 1 heterocycles. The van der Waals surface area contributed by atoms with Crippen LogP contribution >= 0.6 is 0 Å². The van der Waals surface area contributed by atoms with E-state index in [-0.39, 0.29) is 5.82 Å². The molecule has 3 nitrogen and oxygen atoms in total. The fraction of sp³-hybridized carbons (Fsp3) is 0.571. The zero-order valence-electron chi connectivity index (χ0n) is 11.0. The van der Waals surface area contributed by atoms with E-state index in [1.54, 1.807) is 0 Å². The van der Waals surface area contributed by atoms with Gasteiger partial charge in [0.15, 0.2) is 0 Å². The first-order valence-corrected chi connectivity index (χ1v) is 6.48. The molecule has 0 amide bonds. The zero-order valence-corrected chi connectivity index (χ0v) is 11.0. The van der Waals surface area contributed by atoms with Crippen LogP contribution in [0.25, 0.3) is 0 Å². The molecule has 1 saturated heterocycles. The fourth-order valence-corrected chi connectivity index (χ4v) is 2.42. The average molecular weight is 252 g/mol. The zero-order chi connectivity index (χ0) is 13.0. The van der Waals surface area contributed by atoms with Crippen molar-refractivity contribution in [2.75, 3.05) is 38.3 Å². The second-order valence-corrected chi connectivity index (χ2v) is 4.82. The summed E-state index contributed by atoms with van der Waals surface area (Å²) in [5, 5.41) is 3.45. The highest BCUT2D eigenvalue weighted by Gasteiger charge is 2.28. The molecule has 1 aromatic rings. The maximum Gasteiger partial charge on any atom is 0.123 e. The molecule has 0 spiro atoms. The van der Waals surface area contributed by atoms with Gasteiger partial charge < -0.3 is 15.0 Å². The molecule has 0 aromatic heterocycles. The van der Waals surface area contributed by atoms with Crippen LogP contribution in [0.1, 0.15) is 6.92 Å². The Morgan fingerprint density at radius 2 is 2.06 bits per heavy atom. The number of halogens is 1. The monoisotopic (exact) mass is 252 g/mol. The Kier molecular flexibility index (Phi) is 4.55. The number of rotatable bonds is 5. The predicted molar refractivity (Wildman–Crippen MR) is 71.4 cm³/mol. The first-order chi connectivity index (χ1) is 8.70. The number of hydrogen-bond donors (Lipinski definition) is 1. The van der Waals surface area contributed by atoms with Gasteiger partial charge in [-0.3, -0.25) is 0 Å². The molecule has 1 fully saturated rings. The summed E-state index contributed by atoms with van der Waals surface area (Å²) < 4.78 is 18.4. The Balaban J connectivity index is 1.94. The van der Waals surface area contributed by atoms with Gasteiger partial charge in [0.05, 0.1) is 13.2 Å². The maximum atomic E-state index is 12.9. The summed E-state index contributed by atoms with van der Waals surface area (Å²) in [6.45, 7) is 5.58. The first-order valence-electron chi connectivity index (χ1n) is 6.48. The predicted octanol–water partition coefficient (Wildman–Crippen LogP) is 1.89. The van der Waals surface area contributed by atoms with Gasteiger partial charge in [-0.2, -0.15) is 0 Å². The molecule has 0 radical (unpaired) electrons. The van der Waals surface area contributed by atoms with Crippen LogP contribution in [0.2, 0.25) is 0 Å². The van der Waals surface area contributed by atoms with E-state index >= 15 is 0 Å². The van der Waals surface area contributed by atoms with E-state index in [1.807, 2.05) is 19.2 Å². The molecule has 0 bridgehead atoms. The van der Waals surface area contributed by atoms with Gasteiger partial charge in [-0.15, -0.1) is 0 Å². The molecule has 1 aromatic carbocycles. The van der Waals surface area contributed by atoms with E-state index in [2.05, 4.69) is 17.1 Å². The van der Waals surface area contributed by atoms with Crippen LogP contribution in [0.15, 0.2) is 24.3 Å². The Bertz CT molecular complexity index is 369. The third kappa shape index (κ3) is 3.21. The molecular formula is C14H21FN2O. The highest BCUT2D eigenvalue weighted by Crippen LogP contribution is 2.19.